The summed E-state index contributed by atoms with van der Waals surface area (Å²) in [6, 6.07) is 20.7. The van der Waals surface area contributed by atoms with Crippen molar-refractivity contribution in [3.05, 3.63) is 100 Å². The van der Waals surface area contributed by atoms with Gasteiger partial charge < -0.3 is 0 Å². The quantitative estimate of drug-likeness (QED) is 0.184. The van der Waals surface area contributed by atoms with E-state index in [-0.39, 0.29) is 17.2 Å². The first kappa shape index (κ1) is 22.0. The molecule has 170 valence electrons. The van der Waals surface area contributed by atoms with Crippen molar-refractivity contribution < 1.29 is 9.18 Å². The maximum absolute atomic E-state index is 13.3. The predicted octanol–water partition coefficient (Wildman–Crippen LogP) is 5.24. The van der Waals surface area contributed by atoms with E-state index in [1.165, 1.54) is 36.0 Å². The molecule has 0 aliphatic rings. The first-order valence-corrected chi connectivity index (χ1v) is 11.9. The first-order valence-electron chi connectivity index (χ1n) is 10.9. The van der Waals surface area contributed by atoms with Gasteiger partial charge in [0.2, 0.25) is 5.78 Å². The SMILES string of the molecule is Cc1ccc(-n2c(=O)c3ccccc3n3c(SCCCC(=O)c4ccc(F)cc4)nnc23)cc1. The molecule has 0 saturated heterocycles. The highest BCUT2D eigenvalue weighted by molar-refractivity contribution is 7.99. The molecule has 34 heavy (non-hydrogen) atoms. The summed E-state index contributed by atoms with van der Waals surface area (Å²) < 4.78 is 16.6. The van der Waals surface area contributed by atoms with E-state index in [0.29, 0.717) is 40.5 Å². The van der Waals surface area contributed by atoms with Crippen molar-refractivity contribution in [2.75, 3.05) is 5.75 Å². The molecule has 0 saturated carbocycles. The Bertz CT molecular complexity index is 1560. The van der Waals surface area contributed by atoms with Crippen molar-refractivity contribution >= 4 is 34.2 Å². The minimum Gasteiger partial charge on any atom is -0.294 e. The Morgan fingerprint density at radius 3 is 2.47 bits per heavy atom. The minimum absolute atomic E-state index is 0.0228. The van der Waals surface area contributed by atoms with Crippen LogP contribution < -0.4 is 5.56 Å². The molecule has 3 aromatic carbocycles. The number of hydrogen-bond acceptors (Lipinski definition) is 5. The summed E-state index contributed by atoms with van der Waals surface area (Å²) >= 11 is 1.48. The summed E-state index contributed by atoms with van der Waals surface area (Å²) in [4.78, 5) is 25.7. The largest absolute Gasteiger partial charge is 0.294 e. The summed E-state index contributed by atoms with van der Waals surface area (Å²) in [7, 11) is 0. The van der Waals surface area contributed by atoms with Gasteiger partial charge in [0.05, 0.1) is 16.6 Å². The highest BCUT2D eigenvalue weighted by Gasteiger charge is 2.18. The highest BCUT2D eigenvalue weighted by atomic mass is 32.2. The van der Waals surface area contributed by atoms with Gasteiger partial charge in [-0.2, -0.15) is 0 Å². The van der Waals surface area contributed by atoms with Crippen molar-refractivity contribution in [3.8, 4) is 5.69 Å². The molecule has 8 heteroatoms. The zero-order valence-electron chi connectivity index (χ0n) is 18.4. The smallest absolute Gasteiger partial charge is 0.267 e. The summed E-state index contributed by atoms with van der Waals surface area (Å²) in [6.45, 7) is 2.00. The van der Waals surface area contributed by atoms with Crippen molar-refractivity contribution in [1.29, 1.82) is 0 Å². The van der Waals surface area contributed by atoms with Gasteiger partial charge in [-0.1, -0.05) is 41.6 Å². The molecule has 5 rings (SSSR count). The van der Waals surface area contributed by atoms with E-state index in [0.717, 1.165) is 16.8 Å². The van der Waals surface area contributed by atoms with Crippen LogP contribution in [-0.2, 0) is 0 Å². The fourth-order valence-electron chi connectivity index (χ4n) is 3.88. The van der Waals surface area contributed by atoms with Crippen molar-refractivity contribution in [3.63, 3.8) is 0 Å². The number of ketones is 1. The topological polar surface area (TPSA) is 69.3 Å². The van der Waals surface area contributed by atoms with E-state index in [2.05, 4.69) is 10.2 Å². The molecule has 0 fully saturated rings. The van der Waals surface area contributed by atoms with E-state index in [1.807, 2.05) is 53.8 Å². The standard InChI is InChI=1S/C26H21FN4O2S/c1-17-8-14-20(15-9-17)30-24(33)21-5-2-3-6-22(21)31-25(30)28-29-26(31)34-16-4-7-23(32)18-10-12-19(27)13-11-18/h2-3,5-6,8-15H,4,7,16H2,1H3. The normalized spacial score (nSPS) is 11.4. The summed E-state index contributed by atoms with van der Waals surface area (Å²) in [5.74, 6) is 0.705. The molecule has 2 aromatic heterocycles. The molecule has 0 atom stereocenters. The molecule has 0 unspecified atom stereocenters. The number of carbonyl (C=O) groups excluding carboxylic acids is 1. The van der Waals surface area contributed by atoms with E-state index >= 15 is 0 Å². The van der Waals surface area contributed by atoms with Crippen molar-refractivity contribution in [2.45, 2.75) is 24.9 Å². The molecule has 2 heterocycles. The average molecular weight is 473 g/mol. The molecular formula is C26H21FN4O2S. The van der Waals surface area contributed by atoms with E-state index < -0.39 is 0 Å². The summed E-state index contributed by atoms with van der Waals surface area (Å²) in [6.07, 6.45) is 0.982. The van der Waals surface area contributed by atoms with Gasteiger partial charge in [-0.15, -0.1) is 10.2 Å². The van der Waals surface area contributed by atoms with Gasteiger partial charge in [-0.25, -0.2) is 8.96 Å². The van der Waals surface area contributed by atoms with Gasteiger partial charge >= 0.3 is 0 Å². The number of para-hydroxylation sites is 1. The lowest BCUT2D eigenvalue weighted by molar-refractivity contribution is 0.0982. The Hall–Kier alpha value is -3.78. The second kappa shape index (κ2) is 9.23. The van der Waals surface area contributed by atoms with Crippen LogP contribution in [0.25, 0.3) is 22.4 Å². The lowest BCUT2D eigenvalue weighted by Crippen LogP contribution is -2.21. The third-order valence-corrected chi connectivity index (χ3v) is 6.65. The number of hydrogen-bond donors (Lipinski definition) is 0. The van der Waals surface area contributed by atoms with Gasteiger partial charge in [0, 0.05) is 17.7 Å². The number of Topliss-reactive ketones (excluding diaryl/α,β-unsaturated/α-hetero) is 1. The number of benzene rings is 3. The minimum atomic E-state index is -0.359. The highest BCUT2D eigenvalue weighted by Crippen LogP contribution is 2.24. The molecule has 0 aliphatic heterocycles. The Kier molecular flexibility index (Phi) is 5.98. The fourth-order valence-corrected chi connectivity index (χ4v) is 4.75. The molecule has 0 amide bonds. The second-order valence-electron chi connectivity index (χ2n) is 7.99. The Morgan fingerprint density at radius 1 is 0.971 bits per heavy atom. The van der Waals surface area contributed by atoms with E-state index in [9.17, 15) is 14.0 Å². The van der Waals surface area contributed by atoms with Crippen LogP contribution in [-0.4, -0.2) is 30.7 Å². The van der Waals surface area contributed by atoms with Crippen LogP contribution in [0.3, 0.4) is 0 Å². The molecule has 0 bridgehead atoms. The number of rotatable bonds is 7. The molecular weight excluding hydrogens is 451 g/mol. The van der Waals surface area contributed by atoms with E-state index in [1.54, 1.807) is 10.6 Å². The van der Waals surface area contributed by atoms with Crippen molar-refractivity contribution in [2.24, 2.45) is 0 Å². The van der Waals surface area contributed by atoms with Crippen LogP contribution in [0.5, 0.6) is 0 Å². The molecule has 0 spiro atoms. The third kappa shape index (κ3) is 4.12. The maximum Gasteiger partial charge on any atom is 0.267 e. The Balaban J connectivity index is 1.45. The van der Waals surface area contributed by atoms with Crippen LogP contribution in [0.1, 0.15) is 28.8 Å². The van der Waals surface area contributed by atoms with Gasteiger partial charge in [-0.3, -0.25) is 14.0 Å². The van der Waals surface area contributed by atoms with Gasteiger partial charge in [0.25, 0.3) is 5.56 Å². The maximum atomic E-state index is 13.3. The third-order valence-electron chi connectivity index (χ3n) is 5.63. The van der Waals surface area contributed by atoms with Crippen LogP contribution in [0.4, 0.5) is 4.39 Å². The molecule has 0 N–H and O–H groups in total. The molecule has 0 radical (unpaired) electrons. The summed E-state index contributed by atoms with van der Waals surface area (Å²) in [5.41, 5.74) is 2.91. The molecule has 5 aromatic rings. The van der Waals surface area contributed by atoms with Gasteiger partial charge in [0.15, 0.2) is 10.9 Å². The monoisotopic (exact) mass is 472 g/mol. The lowest BCUT2D eigenvalue weighted by atomic mass is 10.1. The fraction of sp³-hybridized carbons (Fsp3) is 0.154. The second-order valence-corrected chi connectivity index (χ2v) is 9.06. The number of fused-ring (bicyclic) bond motifs is 3. The average Bonchev–Trinajstić information content (AvgIpc) is 3.27. The van der Waals surface area contributed by atoms with E-state index in [4.69, 9.17) is 0 Å². The molecule has 6 nitrogen and oxygen atoms in total. The number of nitrogens with zero attached hydrogens (tertiary/aromatic N) is 4. The Morgan fingerprint density at radius 2 is 1.71 bits per heavy atom. The zero-order chi connectivity index (χ0) is 23.7. The summed E-state index contributed by atoms with van der Waals surface area (Å²) in [5, 5.41) is 9.94. The van der Waals surface area contributed by atoms with Crippen LogP contribution in [0, 0.1) is 12.7 Å². The van der Waals surface area contributed by atoms with Gasteiger partial charge in [-0.05, 0) is 61.9 Å². The van der Waals surface area contributed by atoms with Crippen LogP contribution >= 0.6 is 11.8 Å². The number of carbonyl (C=O) groups is 1. The Labute approximate surface area is 199 Å². The number of thioether (sulfide) groups is 1. The lowest BCUT2D eigenvalue weighted by Gasteiger charge is -2.11. The van der Waals surface area contributed by atoms with Crippen LogP contribution in [0.15, 0.2) is 82.7 Å². The van der Waals surface area contributed by atoms with Crippen molar-refractivity contribution in [1.82, 2.24) is 19.2 Å². The molecule has 0 aliphatic carbocycles. The predicted molar refractivity (Wildman–Crippen MR) is 132 cm³/mol. The number of halogens is 1. The number of aryl methyl sites for hydroxylation is 1. The van der Waals surface area contributed by atoms with Crippen LogP contribution in [0.2, 0.25) is 0 Å². The first-order chi connectivity index (χ1) is 16.5. The van der Waals surface area contributed by atoms with Gasteiger partial charge in [0.1, 0.15) is 5.82 Å². The number of aromatic nitrogens is 4. The zero-order valence-corrected chi connectivity index (χ0v) is 19.3.